The van der Waals surface area contributed by atoms with E-state index in [1.54, 1.807) is 13.8 Å². The maximum atomic E-state index is 13.6. The molecule has 0 saturated heterocycles. The first-order valence-electron chi connectivity index (χ1n) is 5.96. The molecule has 0 fully saturated rings. The first-order valence-corrected chi connectivity index (χ1v) is 6.33. The van der Waals surface area contributed by atoms with Crippen LogP contribution in [0.15, 0.2) is 12.1 Å². The van der Waals surface area contributed by atoms with Gasteiger partial charge in [0.2, 0.25) is 0 Å². The van der Waals surface area contributed by atoms with Gasteiger partial charge in [-0.05, 0) is 18.1 Å². The van der Waals surface area contributed by atoms with E-state index in [0.717, 1.165) is 0 Å². The molecule has 0 saturated carbocycles. The second-order valence-corrected chi connectivity index (χ2v) is 4.83. The number of aliphatic carboxylic acids is 1. The summed E-state index contributed by atoms with van der Waals surface area (Å²) in [5, 5.41) is 10.8. The molecule has 0 radical (unpaired) electrons. The smallest absolute Gasteiger partial charge is 0.326 e. The van der Waals surface area contributed by atoms with Crippen molar-refractivity contribution in [1.82, 2.24) is 5.32 Å². The van der Waals surface area contributed by atoms with Crippen LogP contribution in [0.4, 0.5) is 8.78 Å². The maximum Gasteiger partial charge on any atom is 0.326 e. The molecule has 110 valence electrons. The summed E-state index contributed by atoms with van der Waals surface area (Å²) in [6.45, 7) is 3.40. The standard InChI is InChI=1S/C13H14ClF2NO3/c1-3-6(2)11(13(19)20)17-12(18)7-4-10(16)8(14)5-9(7)15/h4-6,11H,3H2,1-2H3,(H,17,18)(H,19,20)/t6-,11-/m0/s1. The van der Waals surface area contributed by atoms with Crippen LogP contribution in [-0.4, -0.2) is 23.0 Å². The summed E-state index contributed by atoms with van der Waals surface area (Å²) < 4.78 is 26.8. The summed E-state index contributed by atoms with van der Waals surface area (Å²) in [4.78, 5) is 22.9. The summed E-state index contributed by atoms with van der Waals surface area (Å²) in [5.41, 5.74) is -0.582. The number of hydrogen-bond donors (Lipinski definition) is 2. The van der Waals surface area contributed by atoms with Gasteiger partial charge in [-0.25, -0.2) is 13.6 Å². The van der Waals surface area contributed by atoms with Crippen LogP contribution in [0, 0.1) is 17.6 Å². The van der Waals surface area contributed by atoms with E-state index in [9.17, 15) is 18.4 Å². The predicted octanol–water partition coefficient (Wildman–Crippen LogP) is 2.85. The van der Waals surface area contributed by atoms with Crippen molar-refractivity contribution < 1.29 is 23.5 Å². The number of nitrogens with one attached hydrogen (secondary N) is 1. The molecule has 0 aliphatic carbocycles. The highest BCUT2D eigenvalue weighted by molar-refractivity contribution is 6.30. The fraction of sp³-hybridized carbons (Fsp3) is 0.385. The van der Waals surface area contributed by atoms with Gasteiger partial charge in [-0.15, -0.1) is 0 Å². The molecular weight excluding hydrogens is 292 g/mol. The fourth-order valence-corrected chi connectivity index (χ4v) is 1.75. The number of rotatable bonds is 5. The Labute approximate surface area is 119 Å². The largest absolute Gasteiger partial charge is 0.480 e. The van der Waals surface area contributed by atoms with E-state index in [-0.39, 0.29) is 5.92 Å². The Morgan fingerprint density at radius 1 is 1.35 bits per heavy atom. The third-order valence-electron chi connectivity index (χ3n) is 3.02. The van der Waals surface area contributed by atoms with E-state index in [2.05, 4.69) is 5.32 Å². The molecule has 1 amide bonds. The molecule has 2 atom stereocenters. The van der Waals surface area contributed by atoms with Crippen molar-refractivity contribution in [3.05, 3.63) is 34.4 Å². The number of carbonyl (C=O) groups is 2. The predicted molar refractivity (Wildman–Crippen MR) is 69.7 cm³/mol. The Bertz CT molecular complexity index is 537. The quantitative estimate of drug-likeness (QED) is 0.822. The molecule has 0 spiro atoms. The SMILES string of the molecule is CC[C@H](C)[C@H](NC(=O)c1cc(F)c(Cl)cc1F)C(=O)O. The molecule has 4 nitrogen and oxygen atoms in total. The van der Waals surface area contributed by atoms with Gasteiger partial charge in [0, 0.05) is 0 Å². The second kappa shape index (κ2) is 6.65. The average Bonchev–Trinajstić information content (AvgIpc) is 2.38. The molecule has 1 aromatic rings. The molecule has 0 heterocycles. The topological polar surface area (TPSA) is 66.4 Å². The number of halogens is 3. The van der Waals surface area contributed by atoms with Crippen molar-refractivity contribution in [3.63, 3.8) is 0 Å². The molecule has 0 aliphatic heterocycles. The van der Waals surface area contributed by atoms with Crippen LogP contribution in [0.1, 0.15) is 30.6 Å². The maximum absolute atomic E-state index is 13.6. The monoisotopic (exact) mass is 305 g/mol. The average molecular weight is 306 g/mol. The number of carboxylic acid groups (broad SMARTS) is 1. The molecule has 0 bridgehead atoms. The van der Waals surface area contributed by atoms with E-state index in [0.29, 0.717) is 18.6 Å². The normalized spacial score (nSPS) is 13.7. The molecule has 7 heteroatoms. The van der Waals surface area contributed by atoms with Gasteiger partial charge in [-0.1, -0.05) is 31.9 Å². The van der Waals surface area contributed by atoms with Crippen LogP contribution in [0.2, 0.25) is 5.02 Å². The zero-order valence-corrected chi connectivity index (χ0v) is 11.7. The Hall–Kier alpha value is -1.69. The molecule has 0 aliphatic rings. The highest BCUT2D eigenvalue weighted by Crippen LogP contribution is 2.19. The number of benzene rings is 1. The van der Waals surface area contributed by atoms with E-state index in [1.807, 2.05) is 0 Å². The van der Waals surface area contributed by atoms with Crippen molar-refractivity contribution in [2.24, 2.45) is 5.92 Å². The van der Waals surface area contributed by atoms with E-state index >= 15 is 0 Å². The van der Waals surface area contributed by atoms with Gasteiger partial charge in [-0.3, -0.25) is 4.79 Å². The molecular formula is C13H14ClF2NO3. The van der Waals surface area contributed by atoms with Crippen LogP contribution < -0.4 is 5.32 Å². The lowest BCUT2D eigenvalue weighted by molar-refractivity contribution is -0.140. The third kappa shape index (κ3) is 3.66. The van der Waals surface area contributed by atoms with Crippen LogP contribution in [0.25, 0.3) is 0 Å². The summed E-state index contributed by atoms with van der Waals surface area (Å²) in [6.07, 6.45) is 0.509. The first kappa shape index (κ1) is 16.4. The number of amides is 1. The van der Waals surface area contributed by atoms with Crippen LogP contribution in [0.5, 0.6) is 0 Å². The minimum absolute atomic E-state index is 0.350. The Kier molecular flexibility index (Phi) is 5.44. The van der Waals surface area contributed by atoms with Crippen molar-refractivity contribution in [1.29, 1.82) is 0 Å². The summed E-state index contributed by atoms with van der Waals surface area (Å²) in [6, 6.07) is 0.138. The van der Waals surface area contributed by atoms with Gasteiger partial charge in [0.15, 0.2) is 0 Å². The lowest BCUT2D eigenvalue weighted by atomic mass is 9.99. The Morgan fingerprint density at radius 3 is 2.45 bits per heavy atom. The molecule has 1 rings (SSSR count). The lowest BCUT2D eigenvalue weighted by Gasteiger charge is -2.20. The summed E-state index contributed by atoms with van der Waals surface area (Å²) in [5.74, 6) is -4.54. The number of carbonyl (C=O) groups excluding carboxylic acids is 1. The number of carboxylic acids is 1. The lowest BCUT2D eigenvalue weighted by Crippen LogP contribution is -2.45. The van der Waals surface area contributed by atoms with Crippen molar-refractivity contribution in [2.75, 3.05) is 0 Å². The van der Waals surface area contributed by atoms with Crippen LogP contribution >= 0.6 is 11.6 Å². The third-order valence-corrected chi connectivity index (χ3v) is 3.31. The molecule has 0 unspecified atom stereocenters. The summed E-state index contributed by atoms with van der Waals surface area (Å²) in [7, 11) is 0. The summed E-state index contributed by atoms with van der Waals surface area (Å²) >= 11 is 5.38. The Morgan fingerprint density at radius 2 is 1.95 bits per heavy atom. The highest BCUT2D eigenvalue weighted by atomic mass is 35.5. The first-order chi connectivity index (χ1) is 9.27. The second-order valence-electron chi connectivity index (χ2n) is 4.42. The van der Waals surface area contributed by atoms with Crippen LogP contribution in [-0.2, 0) is 4.79 Å². The van der Waals surface area contributed by atoms with Crippen molar-refractivity contribution >= 4 is 23.5 Å². The van der Waals surface area contributed by atoms with Gasteiger partial charge in [0.05, 0.1) is 10.6 Å². The molecule has 1 aromatic carbocycles. The zero-order valence-electron chi connectivity index (χ0n) is 10.9. The van der Waals surface area contributed by atoms with Crippen molar-refractivity contribution in [2.45, 2.75) is 26.3 Å². The Balaban J connectivity index is 3.01. The van der Waals surface area contributed by atoms with Gasteiger partial charge < -0.3 is 10.4 Å². The highest BCUT2D eigenvalue weighted by Gasteiger charge is 2.27. The minimum Gasteiger partial charge on any atom is -0.480 e. The zero-order chi connectivity index (χ0) is 15.4. The van der Waals surface area contributed by atoms with Gasteiger partial charge >= 0.3 is 5.97 Å². The van der Waals surface area contributed by atoms with Gasteiger partial charge in [0.1, 0.15) is 17.7 Å². The van der Waals surface area contributed by atoms with E-state index in [4.69, 9.17) is 16.7 Å². The number of hydrogen-bond acceptors (Lipinski definition) is 2. The van der Waals surface area contributed by atoms with Gasteiger partial charge in [-0.2, -0.15) is 0 Å². The molecule has 20 heavy (non-hydrogen) atoms. The fourth-order valence-electron chi connectivity index (χ4n) is 1.60. The minimum atomic E-state index is -1.23. The molecule has 2 N–H and O–H groups in total. The van der Waals surface area contributed by atoms with E-state index < -0.39 is 40.1 Å². The van der Waals surface area contributed by atoms with Crippen LogP contribution in [0.3, 0.4) is 0 Å². The van der Waals surface area contributed by atoms with Gasteiger partial charge in [0.25, 0.3) is 5.91 Å². The molecule has 0 aromatic heterocycles. The van der Waals surface area contributed by atoms with Crippen molar-refractivity contribution in [3.8, 4) is 0 Å². The van der Waals surface area contributed by atoms with E-state index in [1.165, 1.54) is 0 Å².